The minimum Gasteiger partial charge on any atom is -0.493 e. The van der Waals surface area contributed by atoms with Gasteiger partial charge in [-0.3, -0.25) is 4.79 Å². The lowest BCUT2D eigenvalue weighted by Crippen LogP contribution is -2.32. The summed E-state index contributed by atoms with van der Waals surface area (Å²) >= 11 is 0. The summed E-state index contributed by atoms with van der Waals surface area (Å²) in [4.78, 5) is 13.5. The summed E-state index contributed by atoms with van der Waals surface area (Å²) < 4.78 is 7.61. The quantitative estimate of drug-likeness (QED) is 0.628. The predicted octanol–water partition coefficient (Wildman–Crippen LogP) is 4.01. The standard InChI is InChI=1S/C23H26N6O2/c1-5-12-31-19-9-7-6-8-17(19)21-20(16(4)24-23-26-27-28-29(21)23)22(30)25-18-11-10-14(2)13-15(18)3/h6-11,13,21H,5,12H2,1-4H3,(H,25,30)(H,24,26,28). The van der Waals surface area contributed by atoms with Crippen LogP contribution < -0.4 is 15.4 Å². The van der Waals surface area contributed by atoms with Crippen molar-refractivity contribution < 1.29 is 9.53 Å². The van der Waals surface area contributed by atoms with Crippen molar-refractivity contribution in [2.45, 2.75) is 40.2 Å². The molecule has 4 rings (SSSR count). The summed E-state index contributed by atoms with van der Waals surface area (Å²) in [5, 5.41) is 18.2. The summed E-state index contributed by atoms with van der Waals surface area (Å²) in [5.41, 5.74) is 4.97. The number of rotatable bonds is 6. The molecule has 1 unspecified atom stereocenters. The monoisotopic (exact) mass is 418 g/mol. The van der Waals surface area contributed by atoms with Crippen LogP contribution in [0.2, 0.25) is 0 Å². The Balaban J connectivity index is 1.77. The first-order valence-corrected chi connectivity index (χ1v) is 10.4. The second-order valence-corrected chi connectivity index (χ2v) is 7.67. The normalized spacial score (nSPS) is 15.3. The van der Waals surface area contributed by atoms with Crippen LogP contribution in [0.4, 0.5) is 11.6 Å². The highest BCUT2D eigenvalue weighted by molar-refractivity contribution is 6.06. The van der Waals surface area contributed by atoms with Gasteiger partial charge in [0.25, 0.3) is 5.91 Å². The van der Waals surface area contributed by atoms with Crippen LogP contribution in [0.3, 0.4) is 0 Å². The third kappa shape index (κ3) is 4.01. The lowest BCUT2D eigenvalue weighted by molar-refractivity contribution is -0.113. The second-order valence-electron chi connectivity index (χ2n) is 7.67. The number of aromatic nitrogens is 4. The number of aryl methyl sites for hydroxylation is 2. The van der Waals surface area contributed by atoms with E-state index < -0.39 is 6.04 Å². The number of carbonyl (C=O) groups excluding carboxylic acids is 1. The highest BCUT2D eigenvalue weighted by Crippen LogP contribution is 2.39. The molecule has 2 aromatic carbocycles. The fourth-order valence-corrected chi connectivity index (χ4v) is 3.79. The maximum Gasteiger partial charge on any atom is 0.255 e. The molecular weight excluding hydrogens is 392 g/mol. The zero-order valence-corrected chi connectivity index (χ0v) is 18.1. The maximum absolute atomic E-state index is 13.5. The van der Waals surface area contributed by atoms with Crippen LogP contribution in [-0.4, -0.2) is 32.7 Å². The number of ether oxygens (including phenoxy) is 1. The first-order valence-electron chi connectivity index (χ1n) is 10.4. The van der Waals surface area contributed by atoms with Crippen molar-refractivity contribution in [3.63, 3.8) is 0 Å². The molecule has 8 heteroatoms. The number of tetrazole rings is 1. The molecule has 0 bridgehead atoms. The van der Waals surface area contributed by atoms with Crippen LogP contribution in [0.25, 0.3) is 0 Å². The maximum atomic E-state index is 13.5. The SMILES string of the molecule is CCCOc1ccccc1C1C(C(=O)Nc2ccc(C)cc2C)=C(C)Nc2nnnn21. The topological polar surface area (TPSA) is 94.0 Å². The van der Waals surface area contributed by atoms with Crippen molar-refractivity contribution in [1.82, 2.24) is 20.2 Å². The molecule has 2 heterocycles. The fraction of sp³-hybridized carbons (Fsp3) is 0.304. The van der Waals surface area contributed by atoms with Gasteiger partial charge in [-0.05, 0) is 55.3 Å². The molecule has 1 atom stereocenters. The second kappa shape index (κ2) is 8.59. The van der Waals surface area contributed by atoms with Gasteiger partial charge in [-0.15, -0.1) is 0 Å². The molecule has 0 radical (unpaired) electrons. The Bertz CT molecular complexity index is 1150. The number of nitrogens with one attached hydrogen (secondary N) is 2. The van der Waals surface area contributed by atoms with E-state index >= 15 is 0 Å². The van der Waals surface area contributed by atoms with Crippen LogP contribution >= 0.6 is 0 Å². The van der Waals surface area contributed by atoms with Crippen molar-refractivity contribution in [1.29, 1.82) is 0 Å². The Labute approximate surface area is 181 Å². The van der Waals surface area contributed by atoms with Crippen molar-refractivity contribution in [3.8, 4) is 5.75 Å². The number of anilines is 2. The molecule has 0 spiro atoms. The molecule has 1 aliphatic rings. The number of hydrogen-bond donors (Lipinski definition) is 2. The van der Waals surface area contributed by atoms with Crippen molar-refractivity contribution in [2.75, 3.05) is 17.2 Å². The van der Waals surface area contributed by atoms with Gasteiger partial charge in [-0.1, -0.05) is 47.9 Å². The summed E-state index contributed by atoms with van der Waals surface area (Å²) in [6, 6.07) is 13.1. The third-order valence-electron chi connectivity index (χ3n) is 5.26. The Kier molecular flexibility index (Phi) is 5.70. The van der Waals surface area contributed by atoms with E-state index in [9.17, 15) is 4.79 Å². The lowest BCUT2D eigenvalue weighted by Gasteiger charge is -2.29. The molecule has 1 amide bonds. The molecule has 160 valence electrons. The minimum absolute atomic E-state index is 0.214. The van der Waals surface area contributed by atoms with Gasteiger partial charge in [0.1, 0.15) is 11.8 Å². The highest BCUT2D eigenvalue weighted by atomic mass is 16.5. The Morgan fingerprint density at radius 3 is 2.77 bits per heavy atom. The number of fused-ring (bicyclic) bond motifs is 1. The van der Waals surface area contributed by atoms with E-state index in [1.165, 1.54) is 0 Å². The molecule has 31 heavy (non-hydrogen) atoms. The Morgan fingerprint density at radius 2 is 2.00 bits per heavy atom. The van der Waals surface area contributed by atoms with E-state index in [0.717, 1.165) is 28.8 Å². The van der Waals surface area contributed by atoms with Crippen LogP contribution in [0.5, 0.6) is 5.75 Å². The van der Waals surface area contributed by atoms with E-state index in [0.29, 0.717) is 29.6 Å². The summed E-state index contributed by atoms with van der Waals surface area (Å²) in [5.74, 6) is 0.978. The van der Waals surface area contributed by atoms with Gasteiger partial charge in [0.2, 0.25) is 5.95 Å². The number of hydrogen-bond acceptors (Lipinski definition) is 6. The van der Waals surface area contributed by atoms with Crippen LogP contribution in [0, 0.1) is 13.8 Å². The molecule has 2 N–H and O–H groups in total. The third-order valence-corrected chi connectivity index (χ3v) is 5.26. The zero-order valence-electron chi connectivity index (χ0n) is 18.1. The number of amides is 1. The van der Waals surface area contributed by atoms with Crippen LogP contribution in [0.15, 0.2) is 53.7 Å². The largest absolute Gasteiger partial charge is 0.493 e. The van der Waals surface area contributed by atoms with E-state index in [-0.39, 0.29) is 5.91 Å². The van der Waals surface area contributed by atoms with Gasteiger partial charge in [-0.25, -0.2) is 0 Å². The van der Waals surface area contributed by atoms with E-state index in [2.05, 4.69) is 33.1 Å². The highest BCUT2D eigenvalue weighted by Gasteiger charge is 2.35. The van der Waals surface area contributed by atoms with Crippen molar-refractivity contribution >= 4 is 17.5 Å². The molecular formula is C23H26N6O2. The first kappa shape index (κ1) is 20.6. The number of allylic oxidation sites excluding steroid dienone is 1. The molecule has 0 aliphatic carbocycles. The van der Waals surface area contributed by atoms with Crippen LogP contribution in [0.1, 0.15) is 43.0 Å². The number of benzene rings is 2. The molecule has 3 aromatic rings. The fourth-order valence-electron chi connectivity index (χ4n) is 3.79. The zero-order chi connectivity index (χ0) is 22.0. The van der Waals surface area contributed by atoms with E-state index in [1.807, 2.05) is 63.2 Å². The molecule has 1 aromatic heterocycles. The van der Waals surface area contributed by atoms with Gasteiger partial charge in [0.15, 0.2) is 0 Å². The Hall–Kier alpha value is -3.68. The summed E-state index contributed by atoms with van der Waals surface area (Å²) in [7, 11) is 0. The first-order chi connectivity index (χ1) is 15.0. The average Bonchev–Trinajstić information content (AvgIpc) is 3.21. The minimum atomic E-state index is -0.523. The molecule has 0 saturated carbocycles. The van der Waals surface area contributed by atoms with Gasteiger partial charge < -0.3 is 15.4 Å². The molecule has 8 nitrogen and oxygen atoms in total. The molecule has 0 fully saturated rings. The van der Waals surface area contributed by atoms with Crippen molar-refractivity contribution in [3.05, 3.63) is 70.4 Å². The number of carbonyl (C=O) groups is 1. The number of para-hydroxylation sites is 1. The van der Waals surface area contributed by atoms with E-state index in [1.54, 1.807) is 4.68 Å². The van der Waals surface area contributed by atoms with Gasteiger partial charge in [-0.2, -0.15) is 4.68 Å². The van der Waals surface area contributed by atoms with E-state index in [4.69, 9.17) is 4.74 Å². The Morgan fingerprint density at radius 1 is 1.19 bits per heavy atom. The summed E-state index contributed by atoms with van der Waals surface area (Å²) in [6.07, 6.45) is 0.881. The van der Waals surface area contributed by atoms with Gasteiger partial charge in [0, 0.05) is 16.9 Å². The lowest BCUT2D eigenvalue weighted by atomic mass is 9.94. The molecule has 0 saturated heterocycles. The smallest absolute Gasteiger partial charge is 0.255 e. The number of nitrogens with zero attached hydrogens (tertiary/aromatic N) is 4. The average molecular weight is 419 g/mol. The van der Waals surface area contributed by atoms with Gasteiger partial charge >= 0.3 is 0 Å². The van der Waals surface area contributed by atoms with Crippen LogP contribution in [-0.2, 0) is 4.79 Å². The van der Waals surface area contributed by atoms with Gasteiger partial charge in [0.05, 0.1) is 12.2 Å². The molecule has 1 aliphatic heterocycles. The summed E-state index contributed by atoms with van der Waals surface area (Å²) in [6.45, 7) is 8.50. The van der Waals surface area contributed by atoms with Crippen molar-refractivity contribution in [2.24, 2.45) is 0 Å². The predicted molar refractivity (Wildman–Crippen MR) is 119 cm³/mol.